The van der Waals surface area contributed by atoms with E-state index in [2.05, 4.69) is 5.32 Å². The predicted octanol–water partition coefficient (Wildman–Crippen LogP) is 0.808. The maximum Gasteiger partial charge on any atom is 0.491 e. The summed E-state index contributed by atoms with van der Waals surface area (Å²) in [5, 5.41) is 12.5. The lowest BCUT2D eigenvalue weighted by molar-refractivity contribution is -0.143. The van der Waals surface area contributed by atoms with E-state index in [1.54, 1.807) is 18.2 Å². The fraction of sp³-hybridized carbons (Fsp3) is 0.263. The Balaban J connectivity index is 1.69. The van der Waals surface area contributed by atoms with Crippen LogP contribution in [0.2, 0.25) is 0 Å². The summed E-state index contributed by atoms with van der Waals surface area (Å²) in [6.45, 7) is 0.320. The number of carbonyl (C=O) groups is 2. The van der Waals surface area contributed by atoms with Gasteiger partial charge in [0.15, 0.2) is 0 Å². The van der Waals surface area contributed by atoms with Crippen LogP contribution in [0.1, 0.15) is 27.9 Å². The topological polar surface area (TPSA) is 84.9 Å². The predicted molar refractivity (Wildman–Crippen MR) is 96.9 cm³/mol. The maximum absolute atomic E-state index is 12.6. The molecule has 0 saturated carbocycles. The van der Waals surface area contributed by atoms with E-state index in [-0.39, 0.29) is 0 Å². The van der Waals surface area contributed by atoms with E-state index in [4.69, 9.17) is 9.39 Å². The first-order valence-electron chi connectivity index (χ1n) is 8.43. The summed E-state index contributed by atoms with van der Waals surface area (Å²) in [6, 6.07) is 14.0. The van der Waals surface area contributed by atoms with Crippen LogP contribution in [0.15, 0.2) is 48.5 Å². The molecule has 1 atom stereocenters. The Labute approximate surface area is 152 Å². The number of esters is 1. The summed E-state index contributed by atoms with van der Waals surface area (Å²) in [6.07, 6.45) is 1.07. The molecule has 26 heavy (non-hydrogen) atoms. The molecule has 1 aliphatic rings. The Morgan fingerprint density at radius 3 is 2.77 bits per heavy atom. The first-order chi connectivity index (χ1) is 12.6. The summed E-state index contributed by atoms with van der Waals surface area (Å²) in [5.41, 5.74) is 2.87. The van der Waals surface area contributed by atoms with E-state index in [0.29, 0.717) is 30.5 Å². The third-order valence-corrected chi connectivity index (χ3v) is 4.43. The largest absolute Gasteiger partial charge is 0.491 e. The molecule has 0 spiro atoms. The van der Waals surface area contributed by atoms with Crippen LogP contribution >= 0.6 is 0 Å². The number of benzene rings is 2. The minimum atomic E-state index is -1.02. The van der Waals surface area contributed by atoms with Crippen LogP contribution in [0.25, 0.3) is 0 Å². The summed E-state index contributed by atoms with van der Waals surface area (Å²) in [7, 11) is 0.278. The fourth-order valence-electron chi connectivity index (χ4n) is 2.94. The van der Waals surface area contributed by atoms with E-state index in [0.717, 1.165) is 11.1 Å². The monoisotopic (exact) mass is 353 g/mol. The van der Waals surface area contributed by atoms with Gasteiger partial charge in [0, 0.05) is 5.56 Å². The molecular formula is C19H20BNO5. The van der Waals surface area contributed by atoms with E-state index in [1.165, 1.54) is 7.11 Å². The molecule has 2 N–H and O–H groups in total. The molecule has 1 aliphatic heterocycles. The van der Waals surface area contributed by atoms with Crippen LogP contribution in [0.5, 0.6) is 0 Å². The number of rotatable bonds is 6. The molecule has 2 aromatic carbocycles. The third kappa shape index (κ3) is 4.12. The minimum absolute atomic E-state index is 0.320. The normalized spacial score (nSPS) is 13.8. The molecule has 2 aromatic rings. The minimum Gasteiger partial charge on any atom is -0.467 e. The Morgan fingerprint density at radius 1 is 1.27 bits per heavy atom. The zero-order valence-corrected chi connectivity index (χ0v) is 14.5. The summed E-state index contributed by atoms with van der Waals surface area (Å²) >= 11 is 0. The summed E-state index contributed by atoms with van der Waals surface area (Å²) < 4.78 is 9.95. The van der Waals surface area contributed by atoms with Crippen LogP contribution in [-0.4, -0.2) is 37.2 Å². The summed E-state index contributed by atoms with van der Waals surface area (Å²) in [5.74, 6) is -0.880. The molecule has 6 nitrogen and oxygen atoms in total. The van der Waals surface area contributed by atoms with Gasteiger partial charge in [-0.15, -0.1) is 0 Å². The van der Waals surface area contributed by atoms with E-state index >= 15 is 0 Å². The highest BCUT2D eigenvalue weighted by molar-refractivity contribution is 6.61. The SMILES string of the molecule is COC(=O)[C@H](CCc1ccccc1)NC(=O)c1ccc2c(c1)B(O)OC2. The molecule has 0 saturated heterocycles. The van der Waals surface area contributed by atoms with Crippen molar-refractivity contribution >= 4 is 24.5 Å². The fourth-order valence-corrected chi connectivity index (χ4v) is 2.94. The Hall–Kier alpha value is -2.64. The highest BCUT2D eigenvalue weighted by Crippen LogP contribution is 2.12. The Bertz CT molecular complexity index is 796. The molecule has 7 heteroatoms. The Morgan fingerprint density at radius 2 is 2.04 bits per heavy atom. The average Bonchev–Trinajstić information content (AvgIpc) is 3.05. The van der Waals surface area contributed by atoms with Crippen molar-refractivity contribution in [2.75, 3.05) is 7.11 Å². The maximum atomic E-state index is 12.6. The molecular weight excluding hydrogens is 333 g/mol. The second kappa shape index (κ2) is 8.16. The van der Waals surface area contributed by atoms with E-state index in [9.17, 15) is 14.6 Å². The van der Waals surface area contributed by atoms with Gasteiger partial charge in [0.1, 0.15) is 6.04 Å². The number of hydrogen-bond donors (Lipinski definition) is 2. The van der Waals surface area contributed by atoms with Gasteiger partial charge in [-0.25, -0.2) is 4.79 Å². The van der Waals surface area contributed by atoms with E-state index in [1.807, 2.05) is 30.3 Å². The molecule has 0 fully saturated rings. The van der Waals surface area contributed by atoms with Crippen molar-refractivity contribution in [3.05, 3.63) is 65.2 Å². The number of amides is 1. The second-order valence-electron chi connectivity index (χ2n) is 6.15. The van der Waals surface area contributed by atoms with Gasteiger partial charge >= 0.3 is 13.1 Å². The smallest absolute Gasteiger partial charge is 0.467 e. The lowest BCUT2D eigenvalue weighted by atomic mass is 9.78. The van der Waals surface area contributed by atoms with Gasteiger partial charge in [-0.05, 0) is 41.6 Å². The summed E-state index contributed by atoms with van der Waals surface area (Å²) in [4.78, 5) is 24.6. The molecule has 0 radical (unpaired) electrons. The van der Waals surface area contributed by atoms with Crippen molar-refractivity contribution in [1.29, 1.82) is 0 Å². The van der Waals surface area contributed by atoms with Crippen LogP contribution in [-0.2, 0) is 27.2 Å². The molecule has 0 bridgehead atoms. The van der Waals surface area contributed by atoms with Gasteiger partial charge in [-0.3, -0.25) is 4.79 Å². The van der Waals surface area contributed by atoms with Gasteiger partial charge < -0.3 is 19.7 Å². The molecule has 134 valence electrons. The number of hydrogen-bond acceptors (Lipinski definition) is 5. The van der Waals surface area contributed by atoms with Crippen LogP contribution in [0.4, 0.5) is 0 Å². The van der Waals surface area contributed by atoms with Crippen molar-refractivity contribution in [2.24, 2.45) is 0 Å². The number of aryl methyl sites for hydroxylation is 1. The zero-order valence-electron chi connectivity index (χ0n) is 14.5. The highest BCUT2D eigenvalue weighted by Gasteiger charge is 2.29. The number of ether oxygens (including phenoxy) is 1. The average molecular weight is 353 g/mol. The lowest BCUT2D eigenvalue weighted by Gasteiger charge is -2.17. The lowest BCUT2D eigenvalue weighted by Crippen LogP contribution is -2.42. The van der Waals surface area contributed by atoms with Crippen LogP contribution in [0, 0.1) is 0 Å². The van der Waals surface area contributed by atoms with Crippen molar-refractivity contribution in [2.45, 2.75) is 25.5 Å². The van der Waals surface area contributed by atoms with Gasteiger partial charge in [-0.1, -0.05) is 36.4 Å². The Kier molecular flexibility index (Phi) is 5.70. The number of fused-ring (bicyclic) bond motifs is 1. The third-order valence-electron chi connectivity index (χ3n) is 4.43. The molecule has 0 aliphatic carbocycles. The standard InChI is InChI=1S/C19H20BNO5/c1-25-19(23)17(10-7-13-5-3-2-4-6-13)21-18(22)14-8-9-15-12-26-20(24)16(15)11-14/h2-6,8-9,11,17,24H,7,10,12H2,1H3,(H,21,22)/t17-/m0/s1. The second-order valence-corrected chi connectivity index (χ2v) is 6.15. The highest BCUT2D eigenvalue weighted by atomic mass is 16.5. The van der Waals surface area contributed by atoms with Crippen molar-refractivity contribution < 1.29 is 24.0 Å². The first-order valence-corrected chi connectivity index (χ1v) is 8.43. The van der Waals surface area contributed by atoms with Crippen molar-refractivity contribution in [3.63, 3.8) is 0 Å². The molecule has 0 unspecified atom stereocenters. The molecule has 0 aromatic heterocycles. The van der Waals surface area contributed by atoms with Crippen LogP contribution in [0.3, 0.4) is 0 Å². The quantitative estimate of drug-likeness (QED) is 0.593. The first kappa shape index (κ1) is 18.2. The van der Waals surface area contributed by atoms with Crippen molar-refractivity contribution in [1.82, 2.24) is 5.32 Å². The van der Waals surface area contributed by atoms with Crippen LogP contribution < -0.4 is 10.8 Å². The van der Waals surface area contributed by atoms with Gasteiger partial charge in [-0.2, -0.15) is 0 Å². The zero-order chi connectivity index (χ0) is 18.5. The number of nitrogens with one attached hydrogen (secondary N) is 1. The molecule has 1 heterocycles. The molecule has 1 amide bonds. The van der Waals surface area contributed by atoms with Gasteiger partial charge in [0.2, 0.25) is 0 Å². The van der Waals surface area contributed by atoms with Gasteiger partial charge in [0.05, 0.1) is 13.7 Å². The number of carbonyl (C=O) groups excluding carboxylic acids is 2. The van der Waals surface area contributed by atoms with Crippen molar-refractivity contribution in [3.8, 4) is 0 Å². The van der Waals surface area contributed by atoms with E-state index < -0.39 is 25.0 Å². The van der Waals surface area contributed by atoms with Gasteiger partial charge in [0.25, 0.3) is 5.91 Å². The number of methoxy groups -OCH3 is 1. The molecule has 3 rings (SSSR count).